The van der Waals surface area contributed by atoms with Gasteiger partial charge in [-0.25, -0.2) is 9.37 Å². The summed E-state index contributed by atoms with van der Waals surface area (Å²) < 4.78 is 16.8. The number of rotatable bonds is 2. The third kappa shape index (κ3) is 2.13. The molecule has 0 aliphatic rings. The molecule has 3 aromatic rings. The van der Waals surface area contributed by atoms with Gasteiger partial charge in [0.05, 0.1) is 12.0 Å². The van der Waals surface area contributed by atoms with Crippen LogP contribution in [-0.2, 0) is 6.54 Å². The average Bonchev–Trinajstić information content (AvgIpc) is 2.78. The molecule has 0 spiro atoms. The highest BCUT2D eigenvalue weighted by Crippen LogP contribution is 2.31. The molecule has 0 fully saturated rings. The lowest BCUT2D eigenvalue weighted by Gasteiger charge is -2.04. The van der Waals surface area contributed by atoms with Crippen molar-refractivity contribution in [2.75, 3.05) is 0 Å². The van der Waals surface area contributed by atoms with Crippen molar-refractivity contribution in [2.45, 2.75) is 13.5 Å². The third-order valence-corrected chi connectivity index (χ3v) is 3.90. The van der Waals surface area contributed by atoms with Gasteiger partial charge in [0.1, 0.15) is 5.82 Å². The minimum absolute atomic E-state index is 0.237. The van der Waals surface area contributed by atoms with Gasteiger partial charge in [0.15, 0.2) is 0 Å². The molecule has 0 bridgehead atoms. The molecule has 2 N–H and O–H groups in total. The molecule has 5 heteroatoms. The minimum Gasteiger partial charge on any atom is -0.325 e. The number of nitrogens with zero attached hydrogens (tertiary/aromatic N) is 2. The van der Waals surface area contributed by atoms with E-state index in [1.165, 1.54) is 6.07 Å². The molecule has 0 aliphatic carbocycles. The Morgan fingerprint density at radius 3 is 2.80 bits per heavy atom. The molecule has 3 rings (SSSR count). The van der Waals surface area contributed by atoms with Gasteiger partial charge in [-0.3, -0.25) is 0 Å². The Kier molecular flexibility index (Phi) is 3.31. The quantitative estimate of drug-likeness (QED) is 0.777. The van der Waals surface area contributed by atoms with E-state index in [2.05, 4.69) is 20.9 Å². The molecule has 0 unspecified atom stereocenters. The highest BCUT2D eigenvalue weighted by Gasteiger charge is 2.13. The highest BCUT2D eigenvalue weighted by atomic mass is 79.9. The molecular weight excluding hydrogens is 321 g/mol. The summed E-state index contributed by atoms with van der Waals surface area (Å²) >= 11 is 3.38. The Balaban J connectivity index is 2.26. The van der Waals surface area contributed by atoms with E-state index < -0.39 is 0 Å². The fourth-order valence-corrected chi connectivity index (χ4v) is 2.70. The van der Waals surface area contributed by atoms with Crippen LogP contribution in [0.5, 0.6) is 0 Å². The molecule has 0 atom stereocenters. The van der Waals surface area contributed by atoms with E-state index in [0.717, 1.165) is 26.9 Å². The highest BCUT2D eigenvalue weighted by molar-refractivity contribution is 9.10. The maximum atomic E-state index is 14.0. The van der Waals surface area contributed by atoms with Crippen LogP contribution < -0.4 is 5.73 Å². The second-order valence-electron chi connectivity index (χ2n) is 4.65. The number of halogens is 2. The lowest BCUT2D eigenvalue weighted by atomic mass is 10.1. The summed E-state index contributed by atoms with van der Waals surface area (Å²) in [6.07, 6.45) is 1.73. The summed E-state index contributed by atoms with van der Waals surface area (Å²) in [5.74, 6) is -0.237. The van der Waals surface area contributed by atoms with Gasteiger partial charge in [-0.1, -0.05) is 15.9 Å². The van der Waals surface area contributed by atoms with Crippen molar-refractivity contribution in [3.63, 3.8) is 0 Å². The molecule has 1 aromatic carbocycles. The fourth-order valence-electron chi connectivity index (χ4n) is 2.34. The zero-order valence-electron chi connectivity index (χ0n) is 10.9. The van der Waals surface area contributed by atoms with E-state index in [4.69, 9.17) is 5.73 Å². The predicted octanol–water partition coefficient (Wildman–Crippen LogP) is 3.67. The third-order valence-electron chi connectivity index (χ3n) is 3.40. The Morgan fingerprint density at radius 1 is 1.25 bits per heavy atom. The van der Waals surface area contributed by atoms with Crippen LogP contribution in [0.1, 0.15) is 11.4 Å². The van der Waals surface area contributed by atoms with E-state index in [0.29, 0.717) is 12.1 Å². The monoisotopic (exact) mass is 333 g/mol. The number of benzene rings is 1. The lowest BCUT2D eigenvalue weighted by molar-refractivity contribution is 0.631. The topological polar surface area (TPSA) is 43.3 Å². The van der Waals surface area contributed by atoms with Gasteiger partial charge >= 0.3 is 0 Å². The van der Waals surface area contributed by atoms with Gasteiger partial charge in [0.2, 0.25) is 0 Å². The van der Waals surface area contributed by atoms with Crippen molar-refractivity contribution < 1.29 is 4.39 Å². The fraction of sp³-hybridized carbons (Fsp3) is 0.133. The van der Waals surface area contributed by atoms with E-state index >= 15 is 0 Å². The van der Waals surface area contributed by atoms with Gasteiger partial charge in [0.25, 0.3) is 0 Å². The molecule has 2 heterocycles. The van der Waals surface area contributed by atoms with Crippen LogP contribution in [0.25, 0.3) is 16.6 Å². The van der Waals surface area contributed by atoms with Crippen LogP contribution in [0.4, 0.5) is 4.39 Å². The minimum atomic E-state index is -0.237. The number of aryl methyl sites for hydroxylation is 1. The summed E-state index contributed by atoms with van der Waals surface area (Å²) in [6, 6.07) is 8.82. The molecule has 0 saturated carbocycles. The molecule has 0 saturated heterocycles. The van der Waals surface area contributed by atoms with Crippen LogP contribution >= 0.6 is 15.9 Å². The standard InChI is InChI=1S/C15H13BrFN3/c1-9-13(14-4-10(16)2-3-15(14)17)6-12-5-11(7-18)19-8-20(9)12/h2-6,8H,7,18H2,1H3. The Bertz CT molecular complexity index is 795. The van der Waals surface area contributed by atoms with Gasteiger partial charge < -0.3 is 10.1 Å². The van der Waals surface area contributed by atoms with E-state index in [1.54, 1.807) is 18.5 Å². The Hall–Kier alpha value is -1.72. The SMILES string of the molecule is Cc1c(-c2cc(Br)ccc2F)cc2cc(CN)ncn12. The number of nitrogens with two attached hydrogens (primary N) is 1. The van der Waals surface area contributed by atoms with Crippen molar-refractivity contribution in [3.05, 3.63) is 58.3 Å². The maximum absolute atomic E-state index is 14.0. The molecular formula is C15H13BrFN3. The number of hydrogen-bond donors (Lipinski definition) is 1. The zero-order valence-corrected chi connectivity index (χ0v) is 12.5. The number of hydrogen-bond acceptors (Lipinski definition) is 2. The second-order valence-corrected chi connectivity index (χ2v) is 5.56. The Morgan fingerprint density at radius 2 is 2.05 bits per heavy atom. The molecule has 3 nitrogen and oxygen atoms in total. The molecule has 102 valence electrons. The van der Waals surface area contributed by atoms with Crippen LogP contribution in [-0.4, -0.2) is 9.38 Å². The lowest BCUT2D eigenvalue weighted by Crippen LogP contribution is -2.01. The molecule has 0 aliphatic heterocycles. The first-order valence-electron chi connectivity index (χ1n) is 6.22. The van der Waals surface area contributed by atoms with E-state index in [1.807, 2.05) is 23.5 Å². The zero-order chi connectivity index (χ0) is 14.3. The van der Waals surface area contributed by atoms with Crippen LogP contribution in [0.3, 0.4) is 0 Å². The van der Waals surface area contributed by atoms with Crippen molar-refractivity contribution in [2.24, 2.45) is 5.73 Å². The van der Waals surface area contributed by atoms with Crippen LogP contribution in [0, 0.1) is 12.7 Å². The number of aromatic nitrogens is 2. The molecule has 0 amide bonds. The first-order chi connectivity index (χ1) is 9.60. The maximum Gasteiger partial charge on any atom is 0.131 e. The summed E-state index contributed by atoms with van der Waals surface area (Å²) in [6.45, 7) is 2.34. The van der Waals surface area contributed by atoms with Gasteiger partial charge in [-0.15, -0.1) is 0 Å². The van der Waals surface area contributed by atoms with E-state index in [-0.39, 0.29) is 5.82 Å². The summed E-state index contributed by atoms with van der Waals surface area (Å²) in [7, 11) is 0. The van der Waals surface area contributed by atoms with E-state index in [9.17, 15) is 4.39 Å². The van der Waals surface area contributed by atoms with Crippen LogP contribution in [0.2, 0.25) is 0 Å². The van der Waals surface area contributed by atoms with Gasteiger partial charge in [0, 0.05) is 33.4 Å². The largest absolute Gasteiger partial charge is 0.325 e. The molecule has 0 radical (unpaired) electrons. The molecule has 20 heavy (non-hydrogen) atoms. The Labute approximate surface area is 124 Å². The predicted molar refractivity (Wildman–Crippen MR) is 80.9 cm³/mol. The first-order valence-corrected chi connectivity index (χ1v) is 7.01. The normalized spacial score (nSPS) is 11.2. The first kappa shape index (κ1) is 13.3. The molecule has 2 aromatic heterocycles. The number of fused-ring (bicyclic) bond motifs is 1. The van der Waals surface area contributed by atoms with Gasteiger partial charge in [-0.05, 0) is 37.3 Å². The van der Waals surface area contributed by atoms with Crippen molar-refractivity contribution in [1.29, 1.82) is 0 Å². The summed E-state index contributed by atoms with van der Waals surface area (Å²) in [4.78, 5) is 4.27. The van der Waals surface area contributed by atoms with Crippen LogP contribution in [0.15, 0.2) is 41.1 Å². The van der Waals surface area contributed by atoms with Crippen molar-refractivity contribution in [1.82, 2.24) is 9.38 Å². The second kappa shape index (κ2) is 5.00. The van der Waals surface area contributed by atoms with Crippen molar-refractivity contribution >= 4 is 21.4 Å². The smallest absolute Gasteiger partial charge is 0.131 e. The van der Waals surface area contributed by atoms with Crippen molar-refractivity contribution in [3.8, 4) is 11.1 Å². The summed E-state index contributed by atoms with van der Waals surface area (Å²) in [5, 5.41) is 0. The summed E-state index contributed by atoms with van der Waals surface area (Å²) in [5.41, 5.74) is 9.78. The van der Waals surface area contributed by atoms with Gasteiger partial charge in [-0.2, -0.15) is 0 Å². The average molecular weight is 334 g/mol.